The van der Waals surface area contributed by atoms with Gasteiger partial charge in [0.05, 0.1) is 11.7 Å². The Kier molecular flexibility index (Phi) is 8.19. The number of nitrogens with zero attached hydrogens (tertiary/aromatic N) is 2. The Morgan fingerprint density at radius 2 is 1.93 bits per heavy atom. The second-order valence-electron chi connectivity index (χ2n) is 7.25. The van der Waals surface area contributed by atoms with Crippen LogP contribution in [-0.2, 0) is 17.7 Å². The minimum atomic E-state index is -0.621. The molecular formula is C23H28N2O5. The van der Waals surface area contributed by atoms with E-state index in [4.69, 9.17) is 9.47 Å². The van der Waals surface area contributed by atoms with Crippen LogP contribution in [0, 0.1) is 18.3 Å². The van der Waals surface area contributed by atoms with Crippen LogP contribution < -0.4 is 10.3 Å². The Morgan fingerprint density at radius 3 is 2.50 bits per heavy atom. The zero-order valence-corrected chi connectivity index (χ0v) is 17.9. The van der Waals surface area contributed by atoms with Crippen molar-refractivity contribution < 1.29 is 19.4 Å². The summed E-state index contributed by atoms with van der Waals surface area (Å²) >= 11 is 0. The van der Waals surface area contributed by atoms with Gasteiger partial charge in [-0.3, -0.25) is 14.2 Å². The Hall–Kier alpha value is -3.11. The average molecular weight is 412 g/mol. The predicted molar refractivity (Wildman–Crippen MR) is 113 cm³/mol. The molecule has 2 rings (SSSR count). The van der Waals surface area contributed by atoms with E-state index in [0.717, 1.165) is 16.6 Å². The van der Waals surface area contributed by atoms with Crippen LogP contribution in [0.4, 0.5) is 0 Å². The van der Waals surface area contributed by atoms with E-state index < -0.39 is 17.2 Å². The first-order valence-corrected chi connectivity index (χ1v) is 10.0. The number of hydrogen-bond donors (Lipinski definition) is 1. The number of carbonyl (C=O) groups is 1. The molecule has 0 aliphatic carbocycles. The molecule has 0 fully saturated rings. The summed E-state index contributed by atoms with van der Waals surface area (Å²) in [5.41, 5.74) is 0.456. The molecule has 30 heavy (non-hydrogen) atoms. The number of ether oxygens (including phenoxy) is 2. The van der Waals surface area contributed by atoms with Crippen LogP contribution >= 0.6 is 0 Å². The Bertz CT molecular complexity index is 985. The Labute approximate surface area is 176 Å². The third-order valence-electron chi connectivity index (χ3n) is 4.76. The van der Waals surface area contributed by atoms with Crippen molar-refractivity contribution in [3.8, 4) is 17.7 Å². The minimum absolute atomic E-state index is 0.0451. The van der Waals surface area contributed by atoms with Gasteiger partial charge in [-0.05, 0) is 56.9 Å². The maximum atomic E-state index is 12.8. The Balaban J connectivity index is 2.26. The zero-order chi connectivity index (χ0) is 22.3. The molecule has 0 aliphatic rings. The molecule has 0 aliphatic heterocycles. The van der Waals surface area contributed by atoms with Gasteiger partial charge in [-0.2, -0.15) is 5.26 Å². The molecule has 1 aromatic heterocycles. The third kappa shape index (κ3) is 5.49. The highest BCUT2D eigenvalue weighted by Crippen LogP contribution is 2.23. The lowest BCUT2D eigenvalue weighted by Gasteiger charge is -2.16. The predicted octanol–water partition coefficient (Wildman–Crippen LogP) is 3.37. The molecule has 7 heteroatoms. The zero-order valence-electron chi connectivity index (χ0n) is 17.9. The van der Waals surface area contributed by atoms with Crippen LogP contribution in [0.5, 0.6) is 11.6 Å². The van der Waals surface area contributed by atoms with E-state index in [-0.39, 0.29) is 35.9 Å². The van der Waals surface area contributed by atoms with Gasteiger partial charge in [-0.1, -0.05) is 19.1 Å². The summed E-state index contributed by atoms with van der Waals surface area (Å²) in [5, 5.41) is 20.1. The van der Waals surface area contributed by atoms with Gasteiger partial charge in [0.1, 0.15) is 17.4 Å². The number of hydrogen-bond acceptors (Lipinski definition) is 6. The lowest BCUT2D eigenvalue weighted by atomic mass is 10.0. The molecule has 160 valence electrons. The van der Waals surface area contributed by atoms with Gasteiger partial charge in [0.25, 0.3) is 5.56 Å². The summed E-state index contributed by atoms with van der Waals surface area (Å²) < 4.78 is 12.1. The van der Waals surface area contributed by atoms with Crippen LogP contribution in [-0.4, -0.2) is 34.8 Å². The first kappa shape index (κ1) is 23.2. The third-order valence-corrected chi connectivity index (χ3v) is 4.76. The van der Waals surface area contributed by atoms with Gasteiger partial charge in [0.2, 0.25) is 11.7 Å². The highest BCUT2D eigenvalue weighted by Gasteiger charge is 2.24. The quantitative estimate of drug-likeness (QED) is 0.474. The van der Waals surface area contributed by atoms with Gasteiger partial charge in [-0.15, -0.1) is 0 Å². The smallest absolute Gasteiger partial charge is 0.271 e. The average Bonchev–Trinajstić information content (AvgIpc) is 2.72. The second-order valence-corrected chi connectivity index (χ2v) is 7.25. The maximum Gasteiger partial charge on any atom is 0.271 e. The van der Waals surface area contributed by atoms with Gasteiger partial charge >= 0.3 is 0 Å². The van der Waals surface area contributed by atoms with Crippen molar-refractivity contribution in [1.82, 2.24) is 4.57 Å². The summed E-state index contributed by atoms with van der Waals surface area (Å²) in [6.07, 6.45) is 1.39. The highest BCUT2D eigenvalue weighted by atomic mass is 16.5. The number of rotatable bonds is 10. The molecule has 1 N–H and O–H groups in total. The number of pyridine rings is 1. The van der Waals surface area contributed by atoms with Gasteiger partial charge < -0.3 is 14.6 Å². The molecule has 0 radical (unpaired) electrons. The first-order chi connectivity index (χ1) is 14.3. The number of aromatic hydroxyl groups is 1. The van der Waals surface area contributed by atoms with Crippen LogP contribution in [0.15, 0.2) is 29.1 Å². The summed E-state index contributed by atoms with van der Waals surface area (Å²) in [4.78, 5) is 25.4. The number of benzene rings is 1. The molecule has 1 heterocycles. The highest BCUT2D eigenvalue weighted by molar-refractivity contribution is 6.01. The number of aryl methyl sites for hydroxylation is 1. The molecule has 7 nitrogen and oxygen atoms in total. The van der Waals surface area contributed by atoms with Crippen LogP contribution in [0.25, 0.3) is 0 Å². The topological polar surface area (TPSA) is 102 Å². The minimum Gasteiger partial charge on any atom is -0.494 e. The summed E-state index contributed by atoms with van der Waals surface area (Å²) in [6.45, 7) is 7.52. The fourth-order valence-electron chi connectivity index (χ4n) is 3.08. The van der Waals surface area contributed by atoms with Crippen molar-refractivity contribution in [2.75, 3.05) is 13.2 Å². The van der Waals surface area contributed by atoms with Gasteiger partial charge in [0.15, 0.2) is 6.61 Å². The van der Waals surface area contributed by atoms with E-state index in [2.05, 4.69) is 0 Å². The first-order valence-electron chi connectivity index (χ1n) is 10.0. The lowest BCUT2D eigenvalue weighted by Crippen LogP contribution is -2.28. The van der Waals surface area contributed by atoms with Crippen molar-refractivity contribution in [3.63, 3.8) is 0 Å². The molecular weight excluding hydrogens is 384 g/mol. The van der Waals surface area contributed by atoms with E-state index in [1.807, 2.05) is 39.0 Å². The number of carbonyl (C=O) groups excluding carboxylic acids is 1. The van der Waals surface area contributed by atoms with Crippen molar-refractivity contribution in [2.24, 2.45) is 0 Å². The van der Waals surface area contributed by atoms with E-state index in [1.54, 1.807) is 12.1 Å². The summed E-state index contributed by atoms with van der Waals surface area (Å²) in [6, 6.07) is 9.22. The molecule has 0 spiro atoms. The van der Waals surface area contributed by atoms with Crippen LogP contribution in [0.2, 0.25) is 0 Å². The maximum absolute atomic E-state index is 12.8. The standard InChI is InChI=1S/C23H28N2O5/c1-5-17-7-9-18(10-8-17)30-14-20(26)21-16(4)19(13-24)22(27)25(23(21)28)11-6-12-29-15(2)3/h7-10,15,28H,5-6,11-12,14H2,1-4H3. The largest absolute Gasteiger partial charge is 0.494 e. The monoisotopic (exact) mass is 412 g/mol. The molecule has 2 aromatic rings. The number of Topliss-reactive ketones (excluding diaryl/α,β-unsaturated/α-hetero) is 1. The van der Waals surface area contributed by atoms with E-state index in [9.17, 15) is 20.0 Å². The lowest BCUT2D eigenvalue weighted by molar-refractivity contribution is 0.0743. The molecule has 0 amide bonds. The number of ketones is 1. The molecule has 0 saturated carbocycles. The normalized spacial score (nSPS) is 10.8. The molecule has 0 saturated heterocycles. The van der Waals surface area contributed by atoms with Crippen molar-refractivity contribution in [3.05, 3.63) is 56.9 Å². The van der Waals surface area contributed by atoms with Crippen molar-refractivity contribution in [1.29, 1.82) is 5.26 Å². The Morgan fingerprint density at radius 1 is 1.27 bits per heavy atom. The van der Waals surface area contributed by atoms with Crippen LogP contribution in [0.1, 0.15) is 54.2 Å². The number of nitriles is 1. The fourth-order valence-corrected chi connectivity index (χ4v) is 3.08. The molecule has 1 aromatic carbocycles. The molecule has 0 atom stereocenters. The SMILES string of the molecule is CCc1ccc(OCC(=O)c2c(C)c(C#N)c(=O)n(CCCOC(C)C)c2O)cc1. The van der Waals surface area contributed by atoms with E-state index in [1.165, 1.54) is 6.92 Å². The van der Waals surface area contributed by atoms with Crippen molar-refractivity contribution in [2.45, 2.75) is 53.2 Å². The summed E-state index contributed by atoms with van der Waals surface area (Å²) in [7, 11) is 0. The van der Waals surface area contributed by atoms with E-state index >= 15 is 0 Å². The van der Waals surface area contributed by atoms with Gasteiger partial charge in [0, 0.05) is 13.2 Å². The summed E-state index contributed by atoms with van der Waals surface area (Å²) in [5.74, 6) is -0.429. The van der Waals surface area contributed by atoms with Gasteiger partial charge in [-0.25, -0.2) is 0 Å². The van der Waals surface area contributed by atoms with Crippen molar-refractivity contribution >= 4 is 5.78 Å². The van der Waals surface area contributed by atoms with E-state index in [0.29, 0.717) is 18.8 Å². The molecule has 0 bridgehead atoms. The van der Waals surface area contributed by atoms with Crippen LogP contribution in [0.3, 0.4) is 0 Å². The molecule has 0 unspecified atom stereocenters. The second kappa shape index (κ2) is 10.6. The number of aromatic nitrogens is 1. The fraction of sp³-hybridized carbons (Fsp3) is 0.435.